The second-order valence-corrected chi connectivity index (χ2v) is 5.78. The maximum atomic E-state index is 13.9. The number of rotatable bonds is 7. The highest BCUT2D eigenvalue weighted by Gasteiger charge is 2.21. The third kappa shape index (κ3) is 3.70. The van der Waals surface area contributed by atoms with Gasteiger partial charge >= 0.3 is 0 Å². The van der Waals surface area contributed by atoms with Gasteiger partial charge in [0.2, 0.25) is 0 Å². The van der Waals surface area contributed by atoms with Crippen molar-refractivity contribution in [3.8, 4) is 5.75 Å². The van der Waals surface area contributed by atoms with Gasteiger partial charge in [0.15, 0.2) is 11.6 Å². The summed E-state index contributed by atoms with van der Waals surface area (Å²) in [5.74, 6) is 0.182. The Morgan fingerprint density at radius 1 is 1.25 bits per heavy atom. The zero-order valence-corrected chi connectivity index (χ0v) is 11.9. The fourth-order valence-corrected chi connectivity index (χ4v) is 2.68. The molecule has 0 radical (unpaired) electrons. The first-order valence-corrected chi connectivity index (χ1v) is 7.69. The van der Waals surface area contributed by atoms with Gasteiger partial charge in [0.25, 0.3) is 0 Å². The highest BCUT2D eigenvalue weighted by Crippen LogP contribution is 2.25. The molecule has 1 aromatic rings. The quantitative estimate of drug-likeness (QED) is 0.829. The van der Waals surface area contributed by atoms with Crippen LogP contribution >= 0.6 is 0 Å². The molecule has 3 rings (SSSR count). The lowest BCUT2D eigenvalue weighted by molar-refractivity contribution is 0.229. The molecule has 1 aromatic carbocycles. The Bertz CT molecular complexity index is 442. The van der Waals surface area contributed by atoms with Crippen molar-refractivity contribution in [1.82, 2.24) is 10.2 Å². The van der Waals surface area contributed by atoms with Crippen molar-refractivity contribution in [2.45, 2.75) is 38.3 Å². The molecule has 0 bridgehead atoms. The van der Waals surface area contributed by atoms with E-state index in [1.54, 1.807) is 6.07 Å². The van der Waals surface area contributed by atoms with Gasteiger partial charge in [-0.15, -0.1) is 0 Å². The molecule has 0 aromatic heterocycles. The van der Waals surface area contributed by atoms with Crippen LogP contribution in [0.3, 0.4) is 0 Å². The van der Waals surface area contributed by atoms with Crippen molar-refractivity contribution in [2.75, 3.05) is 26.2 Å². The molecule has 2 aliphatic rings. The number of hydrogen-bond acceptors (Lipinski definition) is 3. The average Bonchev–Trinajstić information content (AvgIpc) is 3.14. The van der Waals surface area contributed by atoms with Crippen LogP contribution in [-0.4, -0.2) is 37.2 Å². The van der Waals surface area contributed by atoms with E-state index in [0.29, 0.717) is 24.9 Å². The molecule has 0 unspecified atom stereocenters. The molecule has 4 heteroatoms. The maximum absolute atomic E-state index is 13.9. The summed E-state index contributed by atoms with van der Waals surface area (Å²) in [5.41, 5.74) is 0.929. The Balaban J connectivity index is 1.54. The van der Waals surface area contributed by atoms with E-state index in [1.165, 1.54) is 31.7 Å². The molecule has 0 spiro atoms. The lowest BCUT2D eigenvalue weighted by Gasteiger charge is -2.17. The number of ether oxygens (including phenoxy) is 1. The number of benzene rings is 1. The number of nitrogens with one attached hydrogen (secondary N) is 1. The predicted molar refractivity (Wildman–Crippen MR) is 77.4 cm³/mol. The number of nitrogens with zero attached hydrogens (tertiary/aromatic N) is 1. The predicted octanol–water partition coefficient (Wildman–Crippen LogP) is 2.55. The fraction of sp³-hybridized carbons (Fsp3) is 0.625. The van der Waals surface area contributed by atoms with E-state index in [9.17, 15) is 4.39 Å². The molecule has 0 atom stereocenters. The summed E-state index contributed by atoms with van der Waals surface area (Å²) in [6, 6.07) is 5.80. The monoisotopic (exact) mass is 278 g/mol. The standard InChI is InChI=1S/C16H23FN2O/c17-15-5-3-4-13(12-18-14-6-7-14)16(15)20-11-10-19-8-1-2-9-19/h3-5,14,18H,1-2,6-12H2. The highest BCUT2D eigenvalue weighted by molar-refractivity contribution is 5.35. The molecule has 1 N–H and O–H groups in total. The molecule has 1 saturated carbocycles. The number of para-hydroxylation sites is 1. The van der Waals surface area contributed by atoms with E-state index >= 15 is 0 Å². The number of likely N-dealkylation sites (tertiary alicyclic amines) is 1. The van der Waals surface area contributed by atoms with E-state index < -0.39 is 0 Å². The van der Waals surface area contributed by atoms with E-state index in [4.69, 9.17) is 4.74 Å². The van der Waals surface area contributed by atoms with Gasteiger partial charge in [-0.25, -0.2) is 4.39 Å². The van der Waals surface area contributed by atoms with Crippen LogP contribution in [0.25, 0.3) is 0 Å². The van der Waals surface area contributed by atoms with Crippen molar-refractivity contribution in [3.05, 3.63) is 29.6 Å². The van der Waals surface area contributed by atoms with Crippen LogP contribution in [0.15, 0.2) is 18.2 Å². The molecular weight excluding hydrogens is 255 g/mol. The minimum absolute atomic E-state index is 0.249. The van der Waals surface area contributed by atoms with Gasteiger partial charge in [-0.05, 0) is 44.8 Å². The summed E-state index contributed by atoms with van der Waals surface area (Å²) in [5, 5.41) is 3.41. The Labute approximate surface area is 120 Å². The Hall–Kier alpha value is -1.13. The Morgan fingerprint density at radius 3 is 2.80 bits per heavy atom. The summed E-state index contributed by atoms with van der Waals surface area (Å²) in [6.45, 7) is 4.45. The van der Waals surface area contributed by atoms with Crippen LogP contribution in [0, 0.1) is 5.82 Å². The van der Waals surface area contributed by atoms with Gasteiger partial charge in [0.1, 0.15) is 6.61 Å². The molecule has 3 nitrogen and oxygen atoms in total. The molecule has 2 fully saturated rings. The largest absolute Gasteiger partial charge is 0.489 e. The first kappa shape index (κ1) is 13.8. The number of hydrogen-bond donors (Lipinski definition) is 1. The summed E-state index contributed by atoms with van der Waals surface area (Å²) in [6.07, 6.45) is 5.02. The number of halogens is 1. The van der Waals surface area contributed by atoms with Crippen molar-refractivity contribution in [2.24, 2.45) is 0 Å². The van der Waals surface area contributed by atoms with Crippen molar-refractivity contribution >= 4 is 0 Å². The molecule has 110 valence electrons. The van der Waals surface area contributed by atoms with Crippen LogP contribution < -0.4 is 10.1 Å². The van der Waals surface area contributed by atoms with Crippen molar-refractivity contribution in [1.29, 1.82) is 0 Å². The van der Waals surface area contributed by atoms with Crippen LogP contribution in [0.1, 0.15) is 31.2 Å². The molecule has 20 heavy (non-hydrogen) atoms. The average molecular weight is 278 g/mol. The van der Waals surface area contributed by atoms with Crippen LogP contribution in [-0.2, 0) is 6.54 Å². The lowest BCUT2D eigenvalue weighted by Crippen LogP contribution is -2.25. The second kappa shape index (κ2) is 6.55. The smallest absolute Gasteiger partial charge is 0.165 e. The van der Waals surface area contributed by atoms with Gasteiger partial charge in [-0.3, -0.25) is 4.90 Å². The molecular formula is C16H23FN2O. The zero-order valence-electron chi connectivity index (χ0n) is 11.9. The summed E-state index contributed by atoms with van der Waals surface area (Å²) < 4.78 is 19.7. The normalized spacial score (nSPS) is 19.4. The van der Waals surface area contributed by atoms with E-state index in [-0.39, 0.29) is 5.82 Å². The molecule has 1 heterocycles. The molecule has 1 aliphatic heterocycles. The minimum Gasteiger partial charge on any atom is -0.489 e. The SMILES string of the molecule is Fc1cccc(CNC2CC2)c1OCCN1CCCC1. The molecule has 1 saturated heterocycles. The zero-order chi connectivity index (χ0) is 13.8. The van der Waals surface area contributed by atoms with Gasteiger partial charge in [0, 0.05) is 24.7 Å². The summed E-state index contributed by atoms with van der Waals surface area (Å²) >= 11 is 0. The van der Waals surface area contributed by atoms with Crippen LogP contribution in [0.4, 0.5) is 4.39 Å². The highest BCUT2D eigenvalue weighted by atomic mass is 19.1. The Morgan fingerprint density at radius 2 is 2.05 bits per heavy atom. The van der Waals surface area contributed by atoms with Gasteiger partial charge < -0.3 is 10.1 Å². The van der Waals surface area contributed by atoms with Crippen LogP contribution in [0.5, 0.6) is 5.75 Å². The first-order valence-electron chi connectivity index (χ1n) is 7.69. The maximum Gasteiger partial charge on any atom is 0.165 e. The van der Waals surface area contributed by atoms with Crippen molar-refractivity contribution < 1.29 is 9.13 Å². The van der Waals surface area contributed by atoms with Crippen molar-refractivity contribution in [3.63, 3.8) is 0 Å². The van der Waals surface area contributed by atoms with Gasteiger partial charge in [-0.2, -0.15) is 0 Å². The summed E-state index contributed by atoms with van der Waals surface area (Å²) in [7, 11) is 0. The lowest BCUT2D eigenvalue weighted by atomic mass is 10.2. The van der Waals surface area contributed by atoms with E-state index in [0.717, 1.165) is 25.2 Å². The van der Waals surface area contributed by atoms with Crippen LogP contribution in [0.2, 0.25) is 0 Å². The third-order valence-corrected chi connectivity index (χ3v) is 4.06. The fourth-order valence-electron chi connectivity index (χ4n) is 2.68. The minimum atomic E-state index is -0.249. The second-order valence-electron chi connectivity index (χ2n) is 5.78. The first-order chi connectivity index (χ1) is 9.83. The van der Waals surface area contributed by atoms with Gasteiger partial charge in [0.05, 0.1) is 0 Å². The Kier molecular flexibility index (Phi) is 4.53. The van der Waals surface area contributed by atoms with E-state index in [1.807, 2.05) is 6.07 Å². The van der Waals surface area contributed by atoms with E-state index in [2.05, 4.69) is 10.2 Å². The molecule has 1 aliphatic carbocycles. The summed E-state index contributed by atoms with van der Waals surface area (Å²) in [4.78, 5) is 2.38. The third-order valence-electron chi connectivity index (χ3n) is 4.06. The van der Waals surface area contributed by atoms with Gasteiger partial charge in [-0.1, -0.05) is 12.1 Å². The molecule has 0 amide bonds. The topological polar surface area (TPSA) is 24.5 Å².